The molecule has 2 N–H and O–H groups in total. The Morgan fingerprint density at radius 2 is 2.06 bits per heavy atom. The predicted molar refractivity (Wildman–Crippen MR) is 66.3 cm³/mol. The lowest BCUT2D eigenvalue weighted by Crippen LogP contribution is -2.18. The van der Waals surface area contributed by atoms with Gasteiger partial charge in [0.2, 0.25) is 0 Å². The Kier molecular flexibility index (Phi) is 4.51. The molecule has 0 aliphatic heterocycles. The van der Waals surface area contributed by atoms with Gasteiger partial charge in [-0.2, -0.15) is 0 Å². The highest BCUT2D eigenvalue weighted by Crippen LogP contribution is 2.23. The Bertz CT molecular complexity index is 445. The van der Waals surface area contributed by atoms with Crippen LogP contribution in [0.2, 0.25) is 0 Å². The van der Waals surface area contributed by atoms with Crippen LogP contribution in [0.15, 0.2) is 22.7 Å². The molecule has 0 spiro atoms. The molecular weight excluding hydrogens is 290 g/mol. The van der Waals surface area contributed by atoms with E-state index in [9.17, 15) is 9.59 Å². The molecule has 0 bridgehead atoms. The molecule has 1 amide bonds. The normalized spacial score (nSPS) is 10.1. The van der Waals surface area contributed by atoms with Gasteiger partial charge in [0, 0.05) is 4.47 Å². The van der Waals surface area contributed by atoms with Crippen molar-refractivity contribution in [3.63, 3.8) is 0 Å². The zero-order chi connectivity index (χ0) is 13.0. The predicted octanol–water partition coefficient (Wildman–Crippen LogP) is 3.10. The Balaban J connectivity index is 2.86. The van der Waals surface area contributed by atoms with E-state index in [1.807, 2.05) is 0 Å². The molecule has 0 atom stereocenters. The summed E-state index contributed by atoms with van der Waals surface area (Å²) >= 11 is 3.21. The van der Waals surface area contributed by atoms with E-state index >= 15 is 0 Å². The monoisotopic (exact) mass is 301 g/mol. The molecule has 0 fully saturated rings. The lowest BCUT2D eigenvalue weighted by atomic mass is 10.2. The van der Waals surface area contributed by atoms with Crippen LogP contribution in [0.1, 0.15) is 24.2 Å². The standard InChI is InChI=1S/C11H12BrNO4/c1-6(2)17-11(16)13-9-5-7(10(14)15)3-4-8(9)12/h3-6H,1-2H3,(H,13,16)(H,14,15). The van der Waals surface area contributed by atoms with Crippen molar-refractivity contribution < 1.29 is 19.4 Å². The summed E-state index contributed by atoms with van der Waals surface area (Å²) < 4.78 is 5.48. The molecule has 0 unspecified atom stereocenters. The average Bonchev–Trinajstić information content (AvgIpc) is 2.19. The highest BCUT2D eigenvalue weighted by atomic mass is 79.9. The SMILES string of the molecule is CC(C)OC(=O)Nc1cc(C(=O)O)ccc1Br. The topological polar surface area (TPSA) is 75.6 Å². The molecule has 17 heavy (non-hydrogen) atoms. The largest absolute Gasteiger partial charge is 0.478 e. The summed E-state index contributed by atoms with van der Waals surface area (Å²) in [6, 6.07) is 4.34. The second-order valence-electron chi connectivity index (χ2n) is 3.58. The van der Waals surface area contributed by atoms with Crippen LogP contribution in [0.4, 0.5) is 10.5 Å². The molecule has 5 nitrogen and oxygen atoms in total. The molecule has 6 heteroatoms. The minimum atomic E-state index is -1.06. The number of amides is 1. The Labute approximate surface area is 107 Å². The quantitative estimate of drug-likeness (QED) is 0.899. The molecule has 0 radical (unpaired) electrons. The van der Waals surface area contributed by atoms with E-state index in [4.69, 9.17) is 9.84 Å². The maximum Gasteiger partial charge on any atom is 0.411 e. The van der Waals surface area contributed by atoms with Gasteiger partial charge in [0.25, 0.3) is 0 Å². The lowest BCUT2D eigenvalue weighted by Gasteiger charge is -2.11. The number of carboxylic acids is 1. The maximum atomic E-state index is 11.4. The molecule has 0 saturated heterocycles. The third-order valence-electron chi connectivity index (χ3n) is 1.79. The van der Waals surface area contributed by atoms with Crippen LogP contribution >= 0.6 is 15.9 Å². The van der Waals surface area contributed by atoms with Crippen LogP contribution in [0.25, 0.3) is 0 Å². The molecule has 1 rings (SSSR count). The first-order valence-corrected chi connectivity index (χ1v) is 5.70. The first-order chi connectivity index (χ1) is 7.90. The molecule has 0 aromatic heterocycles. The number of carboxylic acid groups (broad SMARTS) is 1. The van der Waals surface area contributed by atoms with Crippen molar-refractivity contribution >= 4 is 33.7 Å². The van der Waals surface area contributed by atoms with Gasteiger partial charge in [0.15, 0.2) is 0 Å². The zero-order valence-corrected chi connectivity index (χ0v) is 10.9. The molecule has 0 aliphatic carbocycles. The molecule has 1 aromatic carbocycles. The smallest absolute Gasteiger partial charge is 0.411 e. The third-order valence-corrected chi connectivity index (χ3v) is 2.48. The molecule has 0 aliphatic rings. The summed E-state index contributed by atoms with van der Waals surface area (Å²) in [6.07, 6.45) is -0.861. The van der Waals surface area contributed by atoms with Gasteiger partial charge in [0.1, 0.15) is 0 Å². The number of ether oxygens (including phenoxy) is 1. The van der Waals surface area contributed by atoms with Gasteiger partial charge in [-0.15, -0.1) is 0 Å². The van der Waals surface area contributed by atoms with Crippen molar-refractivity contribution in [3.8, 4) is 0 Å². The van der Waals surface area contributed by atoms with E-state index in [1.165, 1.54) is 12.1 Å². The lowest BCUT2D eigenvalue weighted by molar-refractivity contribution is 0.0696. The summed E-state index contributed by atoms with van der Waals surface area (Å²) in [5, 5.41) is 11.3. The number of carbonyl (C=O) groups is 2. The number of carbonyl (C=O) groups excluding carboxylic acids is 1. The Morgan fingerprint density at radius 1 is 1.41 bits per heavy atom. The summed E-state index contributed by atoms with van der Waals surface area (Å²) in [5.41, 5.74) is 0.448. The van der Waals surface area contributed by atoms with Crippen LogP contribution in [0, 0.1) is 0 Å². The number of aromatic carboxylic acids is 1. The number of halogens is 1. The number of hydrogen-bond donors (Lipinski definition) is 2. The van der Waals surface area contributed by atoms with Crippen molar-refractivity contribution in [1.29, 1.82) is 0 Å². The average molecular weight is 302 g/mol. The highest BCUT2D eigenvalue weighted by Gasteiger charge is 2.11. The van der Waals surface area contributed by atoms with Gasteiger partial charge in [-0.3, -0.25) is 5.32 Å². The van der Waals surface area contributed by atoms with Gasteiger partial charge in [-0.1, -0.05) is 0 Å². The van der Waals surface area contributed by atoms with Crippen molar-refractivity contribution in [1.82, 2.24) is 0 Å². The highest BCUT2D eigenvalue weighted by molar-refractivity contribution is 9.10. The Morgan fingerprint density at radius 3 is 2.59 bits per heavy atom. The Hall–Kier alpha value is -1.56. The van der Waals surface area contributed by atoms with Crippen LogP contribution in [-0.2, 0) is 4.74 Å². The number of anilines is 1. The first-order valence-electron chi connectivity index (χ1n) is 4.90. The van der Waals surface area contributed by atoms with Crippen molar-refractivity contribution in [2.24, 2.45) is 0 Å². The second kappa shape index (κ2) is 5.67. The van der Waals surface area contributed by atoms with Crippen molar-refractivity contribution in [2.45, 2.75) is 20.0 Å². The van der Waals surface area contributed by atoms with E-state index in [1.54, 1.807) is 19.9 Å². The van der Waals surface area contributed by atoms with Crippen LogP contribution < -0.4 is 5.32 Å². The fourth-order valence-electron chi connectivity index (χ4n) is 1.11. The van der Waals surface area contributed by atoms with Gasteiger partial charge in [-0.05, 0) is 48.0 Å². The summed E-state index contributed by atoms with van der Waals surface area (Å²) in [7, 11) is 0. The van der Waals surface area contributed by atoms with Crippen LogP contribution in [0.5, 0.6) is 0 Å². The molecule has 0 saturated carbocycles. The second-order valence-corrected chi connectivity index (χ2v) is 4.43. The minimum Gasteiger partial charge on any atom is -0.478 e. The van der Waals surface area contributed by atoms with Gasteiger partial charge in [0.05, 0.1) is 17.4 Å². The van der Waals surface area contributed by atoms with Crippen LogP contribution in [0.3, 0.4) is 0 Å². The van der Waals surface area contributed by atoms with E-state index in [-0.39, 0.29) is 11.7 Å². The molecule has 92 valence electrons. The fraction of sp³-hybridized carbons (Fsp3) is 0.273. The number of benzene rings is 1. The summed E-state index contributed by atoms with van der Waals surface area (Å²) in [4.78, 5) is 22.1. The molecular formula is C11H12BrNO4. The fourth-order valence-corrected chi connectivity index (χ4v) is 1.45. The van der Waals surface area contributed by atoms with Crippen molar-refractivity contribution in [2.75, 3.05) is 5.32 Å². The van der Waals surface area contributed by atoms with Gasteiger partial charge < -0.3 is 9.84 Å². The van der Waals surface area contributed by atoms with E-state index < -0.39 is 12.1 Å². The third kappa shape index (κ3) is 4.07. The van der Waals surface area contributed by atoms with E-state index in [2.05, 4.69) is 21.2 Å². The number of nitrogens with one attached hydrogen (secondary N) is 1. The van der Waals surface area contributed by atoms with Crippen LogP contribution in [-0.4, -0.2) is 23.3 Å². The molecule has 1 aromatic rings. The summed E-state index contributed by atoms with van der Waals surface area (Å²) in [6.45, 7) is 3.45. The maximum absolute atomic E-state index is 11.4. The first kappa shape index (κ1) is 13.5. The van der Waals surface area contributed by atoms with Gasteiger partial charge in [-0.25, -0.2) is 9.59 Å². The number of rotatable bonds is 3. The van der Waals surface area contributed by atoms with Crippen molar-refractivity contribution in [3.05, 3.63) is 28.2 Å². The van der Waals surface area contributed by atoms with E-state index in [0.717, 1.165) is 0 Å². The molecule has 0 heterocycles. The number of hydrogen-bond acceptors (Lipinski definition) is 3. The minimum absolute atomic E-state index is 0.0908. The summed E-state index contributed by atoms with van der Waals surface area (Å²) in [5.74, 6) is -1.06. The van der Waals surface area contributed by atoms with Gasteiger partial charge >= 0.3 is 12.1 Å². The van der Waals surface area contributed by atoms with E-state index in [0.29, 0.717) is 10.2 Å². The zero-order valence-electron chi connectivity index (χ0n) is 9.36.